The molecule has 0 aromatic rings. The van der Waals surface area contributed by atoms with Gasteiger partial charge in [0.05, 0.1) is 25.4 Å². The molecule has 0 heterocycles. The van der Waals surface area contributed by atoms with E-state index < -0.39 is 37.4 Å². The smallest absolute Gasteiger partial charge is 1.00 e. The zero-order valence-electron chi connectivity index (χ0n) is 12.7. The van der Waals surface area contributed by atoms with Crippen LogP contribution in [0, 0.1) is 5.92 Å². The predicted octanol–water partition coefficient (Wildman–Crippen LogP) is -4.78. The van der Waals surface area contributed by atoms with Gasteiger partial charge in [0.2, 0.25) is 0 Å². The molecule has 0 bridgehead atoms. The summed E-state index contributed by atoms with van der Waals surface area (Å²) in [5.74, 6) is -1.31. The van der Waals surface area contributed by atoms with E-state index in [-0.39, 0.29) is 71.8 Å². The van der Waals surface area contributed by atoms with Crippen LogP contribution in [0.5, 0.6) is 0 Å². The van der Waals surface area contributed by atoms with Crippen molar-refractivity contribution < 1.29 is 83.1 Å². The van der Waals surface area contributed by atoms with E-state index in [1.807, 2.05) is 0 Å². The zero-order chi connectivity index (χ0) is 14.3. The molecular formula is C11H24KNO6. The summed E-state index contributed by atoms with van der Waals surface area (Å²) in [6.45, 7) is 2.28. The van der Waals surface area contributed by atoms with E-state index in [1.54, 1.807) is 13.8 Å². The normalized spacial score (nSPS) is 16.0. The van der Waals surface area contributed by atoms with Crippen LogP contribution in [-0.2, 0) is 4.79 Å². The molecule has 8 heteroatoms. The first-order chi connectivity index (χ1) is 8.33. The van der Waals surface area contributed by atoms with Gasteiger partial charge >= 0.3 is 57.4 Å². The second-order valence-electron chi connectivity index (χ2n) is 4.65. The Balaban J connectivity index is -0.00000144. The summed E-state index contributed by atoms with van der Waals surface area (Å²) in [5, 5.41) is 45.5. The number of hydrogen-bond acceptors (Lipinski definition) is 6. The molecule has 0 aliphatic carbocycles. The standard InChI is InChI=1S/C11H23NO6.K.H/c1-7(2)10(11(17)18)12(3-8(15)5-13)4-9(16)6-14;;/h7-10,13-16H,3-6H2,1-2H3,(H,17,18);;/q;+1;-1. The molecule has 5 N–H and O–H groups in total. The molecule has 3 unspecified atom stereocenters. The Kier molecular flexibility index (Phi) is 13.5. The number of carboxylic acid groups (broad SMARTS) is 1. The molecule has 0 aromatic carbocycles. The van der Waals surface area contributed by atoms with Gasteiger partial charge in [0.1, 0.15) is 6.04 Å². The second-order valence-corrected chi connectivity index (χ2v) is 4.65. The monoisotopic (exact) mass is 305 g/mol. The summed E-state index contributed by atoms with van der Waals surface area (Å²) < 4.78 is 0. The minimum Gasteiger partial charge on any atom is -1.00 e. The third kappa shape index (κ3) is 8.71. The Bertz CT molecular complexity index is 247. The number of carboxylic acids is 1. The number of aliphatic carboxylic acids is 1. The van der Waals surface area contributed by atoms with Crippen molar-refractivity contribution >= 4 is 5.97 Å². The van der Waals surface area contributed by atoms with Crippen molar-refractivity contribution in [2.24, 2.45) is 5.92 Å². The molecule has 0 aromatic heterocycles. The maximum Gasteiger partial charge on any atom is 1.00 e. The van der Waals surface area contributed by atoms with Crippen LogP contribution < -0.4 is 51.4 Å². The van der Waals surface area contributed by atoms with Crippen molar-refractivity contribution in [3.63, 3.8) is 0 Å². The molecule has 0 radical (unpaired) electrons. The minimum atomic E-state index is -1.09. The number of aliphatic hydroxyl groups excluding tert-OH is 4. The summed E-state index contributed by atoms with van der Waals surface area (Å²) in [5.41, 5.74) is 0. The van der Waals surface area contributed by atoms with E-state index in [9.17, 15) is 15.0 Å². The summed E-state index contributed by atoms with van der Waals surface area (Å²) in [6, 6.07) is -0.896. The summed E-state index contributed by atoms with van der Waals surface area (Å²) in [6.07, 6.45) is -2.17. The molecule has 110 valence electrons. The van der Waals surface area contributed by atoms with Crippen LogP contribution in [0.4, 0.5) is 0 Å². The van der Waals surface area contributed by atoms with E-state index in [2.05, 4.69) is 0 Å². The number of nitrogens with zero attached hydrogens (tertiary/aromatic N) is 1. The van der Waals surface area contributed by atoms with Crippen LogP contribution >= 0.6 is 0 Å². The third-order valence-corrected chi connectivity index (χ3v) is 2.59. The van der Waals surface area contributed by atoms with Gasteiger partial charge in [0.25, 0.3) is 0 Å². The molecular weight excluding hydrogens is 281 g/mol. The number of hydrogen-bond donors (Lipinski definition) is 5. The molecule has 0 amide bonds. The fourth-order valence-electron chi connectivity index (χ4n) is 1.82. The van der Waals surface area contributed by atoms with Gasteiger partial charge in [-0.2, -0.15) is 0 Å². The van der Waals surface area contributed by atoms with Gasteiger partial charge in [-0.3, -0.25) is 9.69 Å². The molecule has 0 fully saturated rings. The molecule has 0 aliphatic rings. The van der Waals surface area contributed by atoms with E-state index >= 15 is 0 Å². The van der Waals surface area contributed by atoms with Crippen LogP contribution in [0.3, 0.4) is 0 Å². The fourth-order valence-corrected chi connectivity index (χ4v) is 1.82. The van der Waals surface area contributed by atoms with Crippen LogP contribution in [0.15, 0.2) is 0 Å². The van der Waals surface area contributed by atoms with Crippen molar-refractivity contribution in [3.8, 4) is 0 Å². The average Bonchev–Trinajstić information content (AvgIpc) is 2.27. The van der Waals surface area contributed by atoms with Gasteiger partial charge in [0, 0.05) is 13.1 Å². The van der Waals surface area contributed by atoms with Crippen LogP contribution in [0.1, 0.15) is 15.3 Å². The number of aliphatic hydroxyl groups is 4. The van der Waals surface area contributed by atoms with Crippen LogP contribution in [0.2, 0.25) is 0 Å². The van der Waals surface area contributed by atoms with Gasteiger partial charge in [0.15, 0.2) is 0 Å². The van der Waals surface area contributed by atoms with Crippen molar-refractivity contribution in [2.75, 3.05) is 26.3 Å². The fraction of sp³-hybridized carbons (Fsp3) is 0.909. The largest absolute Gasteiger partial charge is 1.00 e. The molecule has 7 nitrogen and oxygen atoms in total. The van der Waals surface area contributed by atoms with Gasteiger partial charge in [-0.15, -0.1) is 0 Å². The van der Waals surface area contributed by atoms with Crippen molar-refractivity contribution in [3.05, 3.63) is 0 Å². The van der Waals surface area contributed by atoms with E-state index in [0.717, 1.165) is 0 Å². The van der Waals surface area contributed by atoms with Crippen molar-refractivity contribution in [2.45, 2.75) is 32.1 Å². The first kappa shape index (κ1) is 22.2. The van der Waals surface area contributed by atoms with E-state index in [4.69, 9.17) is 15.3 Å². The molecule has 0 saturated heterocycles. The van der Waals surface area contributed by atoms with E-state index in [1.165, 1.54) is 4.90 Å². The Labute approximate surface area is 157 Å². The summed E-state index contributed by atoms with van der Waals surface area (Å²) >= 11 is 0. The Morgan fingerprint density at radius 1 is 1.11 bits per heavy atom. The second kappa shape index (κ2) is 11.6. The topological polar surface area (TPSA) is 121 Å². The molecule has 0 spiro atoms. The maximum atomic E-state index is 11.2. The van der Waals surface area contributed by atoms with Gasteiger partial charge in [-0.25, -0.2) is 0 Å². The first-order valence-corrected chi connectivity index (χ1v) is 5.88. The van der Waals surface area contributed by atoms with Crippen molar-refractivity contribution in [1.29, 1.82) is 0 Å². The van der Waals surface area contributed by atoms with Crippen LogP contribution in [-0.4, -0.2) is 81.0 Å². The Morgan fingerprint density at radius 3 is 1.68 bits per heavy atom. The Morgan fingerprint density at radius 2 is 1.47 bits per heavy atom. The quantitative estimate of drug-likeness (QED) is 0.271. The van der Waals surface area contributed by atoms with Gasteiger partial charge < -0.3 is 27.0 Å². The predicted molar refractivity (Wildman–Crippen MR) is 65.1 cm³/mol. The Hall–Kier alpha value is 0.906. The molecule has 0 saturated carbocycles. The maximum absolute atomic E-state index is 11.2. The average molecular weight is 305 g/mol. The SMILES string of the molecule is CC(C)C(C(=O)O)N(CC(O)CO)CC(O)CO.[H-].[K+]. The molecule has 0 aliphatic heterocycles. The third-order valence-electron chi connectivity index (χ3n) is 2.59. The van der Waals surface area contributed by atoms with Gasteiger partial charge in [-0.1, -0.05) is 13.8 Å². The molecule has 3 atom stereocenters. The summed E-state index contributed by atoms with van der Waals surface area (Å²) in [4.78, 5) is 12.5. The van der Waals surface area contributed by atoms with Crippen molar-refractivity contribution in [1.82, 2.24) is 4.90 Å². The van der Waals surface area contributed by atoms with Gasteiger partial charge in [-0.05, 0) is 5.92 Å². The first-order valence-electron chi connectivity index (χ1n) is 5.88. The number of rotatable bonds is 9. The number of carbonyl (C=O) groups is 1. The molecule has 0 rings (SSSR count). The zero-order valence-corrected chi connectivity index (χ0v) is 14.9. The van der Waals surface area contributed by atoms with E-state index in [0.29, 0.717) is 0 Å². The molecule has 19 heavy (non-hydrogen) atoms. The summed E-state index contributed by atoms with van der Waals surface area (Å²) in [7, 11) is 0. The minimum absolute atomic E-state index is 0. The van der Waals surface area contributed by atoms with Crippen LogP contribution in [0.25, 0.3) is 0 Å².